The van der Waals surface area contributed by atoms with Crippen LogP contribution in [0.25, 0.3) is 0 Å². The Labute approximate surface area is 142 Å². The van der Waals surface area contributed by atoms with Crippen molar-refractivity contribution in [1.29, 1.82) is 0 Å². The van der Waals surface area contributed by atoms with E-state index >= 15 is 0 Å². The average Bonchev–Trinajstić information content (AvgIpc) is 2.65. The molecule has 0 radical (unpaired) electrons. The number of quaternary nitrogens is 1. The molecule has 1 aliphatic heterocycles. The quantitative estimate of drug-likeness (QED) is 0.880. The van der Waals surface area contributed by atoms with Gasteiger partial charge in [0.25, 0.3) is 0 Å². The van der Waals surface area contributed by atoms with E-state index in [0.717, 1.165) is 35.1 Å². The summed E-state index contributed by atoms with van der Waals surface area (Å²) in [6.45, 7) is 3.52. The fourth-order valence-corrected chi connectivity index (χ4v) is 2.78. The summed E-state index contributed by atoms with van der Waals surface area (Å²) in [6, 6.07) is 13.9. The highest BCUT2D eigenvalue weighted by Gasteiger charge is 2.28. The van der Waals surface area contributed by atoms with Crippen molar-refractivity contribution in [2.75, 3.05) is 20.8 Å². The van der Waals surface area contributed by atoms with Crippen molar-refractivity contribution in [3.8, 4) is 23.0 Å². The van der Waals surface area contributed by atoms with E-state index in [2.05, 4.69) is 12.2 Å². The fraction of sp³-hybridized carbons (Fsp3) is 0.368. The number of methoxy groups -OCH3 is 2. The Morgan fingerprint density at radius 1 is 1.12 bits per heavy atom. The van der Waals surface area contributed by atoms with Crippen LogP contribution in [-0.2, 0) is 6.54 Å². The van der Waals surface area contributed by atoms with Gasteiger partial charge in [-0.15, -0.1) is 0 Å². The summed E-state index contributed by atoms with van der Waals surface area (Å²) in [5.74, 6) is 3.27. The summed E-state index contributed by atoms with van der Waals surface area (Å²) in [7, 11) is 3.33. The minimum absolute atomic E-state index is 0.0177. The van der Waals surface area contributed by atoms with E-state index in [1.807, 2.05) is 42.5 Å². The molecular weight excluding hydrogens is 306 g/mol. The highest BCUT2D eigenvalue weighted by atomic mass is 16.6. The molecule has 128 valence electrons. The third-order valence-electron chi connectivity index (χ3n) is 4.32. The molecule has 2 atom stereocenters. The summed E-state index contributed by atoms with van der Waals surface area (Å²) in [5.41, 5.74) is 1.13. The van der Waals surface area contributed by atoms with Crippen LogP contribution in [0.4, 0.5) is 0 Å². The molecule has 2 N–H and O–H groups in total. The smallest absolute Gasteiger partial charge is 0.184 e. The second-order valence-corrected chi connectivity index (χ2v) is 5.89. The molecule has 5 nitrogen and oxygen atoms in total. The lowest BCUT2D eigenvalue weighted by molar-refractivity contribution is -0.707. The first-order valence-corrected chi connectivity index (χ1v) is 8.14. The molecule has 0 amide bonds. The van der Waals surface area contributed by atoms with Gasteiger partial charge >= 0.3 is 0 Å². The highest BCUT2D eigenvalue weighted by molar-refractivity contribution is 5.41. The summed E-state index contributed by atoms with van der Waals surface area (Å²) < 4.78 is 22.6. The lowest BCUT2D eigenvalue weighted by Crippen LogP contribution is -2.91. The Bertz CT molecular complexity index is 689. The maximum absolute atomic E-state index is 6.07. The largest absolute Gasteiger partial charge is 0.497 e. The number of nitrogens with two attached hydrogens (primary N) is 1. The van der Waals surface area contributed by atoms with E-state index in [1.165, 1.54) is 0 Å². The molecule has 1 heterocycles. The topological polar surface area (TPSA) is 53.5 Å². The second-order valence-electron chi connectivity index (χ2n) is 5.89. The van der Waals surface area contributed by atoms with Gasteiger partial charge in [-0.05, 0) is 31.2 Å². The van der Waals surface area contributed by atoms with Gasteiger partial charge in [0.15, 0.2) is 17.6 Å². The summed E-state index contributed by atoms with van der Waals surface area (Å²) in [4.78, 5) is 0. The van der Waals surface area contributed by atoms with Crippen LogP contribution in [-0.4, -0.2) is 33.0 Å². The zero-order chi connectivity index (χ0) is 16.9. The predicted molar refractivity (Wildman–Crippen MR) is 91.0 cm³/mol. The average molecular weight is 330 g/mol. The number of benzene rings is 2. The molecule has 0 aliphatic carbocycles. The van der Waals surface area contributed by atoms with E-state index < -0.39 is 0 Å². The van der Waals surface area contributed by atoms with Gasteiger partial charge in [0.1, 0.15) is 30.7 Å². The molecule has 1 aliphatic rings. The van der Waals surface area contributed by atoms with Crippen LogP contribution in [0.15, 0.2) is 42.5 Å². The molecule has 0 saturated carbocycles. The molecule has 2 aromatic rings. The van der Waals surface area contributed by atoms with Crippen molar-refractivity contribution in [2.24, 2.45) is 0 Å². The van der Waals surface area contributed by atoms with Crippen LogP contribution < -0.4 is 24.3 Å². The first-order valence-electron chi connectivity index (χ1n) is 8.14. The molecule has 3 rings (SSSR count). The molecule has 0 bridgehead atoms. The van der Waals surface area contributed by atoms with Gasteiger partial charge in [0, 0.05) is 11.6 Å². The molecular formula is C19H24NO4+. The number of rotatable bonds is 6. The van der Waals surface area contributed by atoms with Crippen molar-refractivity contribution in [1.82, 2.24) is 0 Å². The first-order chi connectivity index (χ1) is 11.7. The zero-order valence-corrected chi connectivity index (χ0v) is 14.3. The van der Waals surface area contributed by atoms with Crippen molar-refractivity contribution < 1.29 is 24.3 Å². The summed E-state index contributed by atoms with van der Waals surface area (Å²) >= 11 is 0. The summed E-state index contributed by atoms with van der Waals surface area (Å²) in [5, 5.41) is 2.24. The molecule has 5 heteroatoms. The van der Waals surface area contributed by atoms with Crippen molar-refractivity contribution >= 4 is 0 Å². The van der Waals surface area contributed by atoms with E-state index in [4.69, 9.17) is 18.9 Å². The molecule has 24 heavy (non-hydrogen) atoms. The van der Waals surface area contributed by atoms with Gasteiger partial charge in [0.2, 0.25) is 0 Å². The second kappa shape index (κ2) is 7.45. The summed E-state index contributed by atoms with van der Waals surface area (Å²) in [6.07, 6.45) is 0.0177. The van der Waals surface area contributed by atoms with Crippen LogP contribution in [0.2, 0.25) is 0 Å². The Hall–Kier alpha value is -2.40. The van der Waals surface area contributed by atoms with Gasteiger partial charge in [-0.25, -0.2) is 0 Å². The Kier molecular flexibility index (Phi) is 5.11. The van der Waals surface area contributed by atoms with E-state index in [9.17, 15) is 0 Å². The number of hydrogen-bond acceptors (Lipinski definition) is 4. The lowest BCUT2D eigenvalue weighted by Gasteiger charge is -2.29. The molecule has 0 fully saturated rings. The minimum Gasteiger partial charge on any atom is -0.497 e. The number of ether oxygens (including phenoxy) is 4. The van der Waals surface area contributed by atoms with Crippen LogP contribution in [0.1, 0.15) is 12.5 Å². The number of hydrogen-bond donors (Lipinski definition) is 1. The van der Waals surface area contributed by atoms with Crippen LogP contribution >= 0.6 is 0 Å². The van der Waals surface area contributed by atoms with Crippen molar-refractivity contribution in [3.63, 3.8) is 0 Å². The van der Waals surface area contributed by atoms with Gasteiger partial charge in [-0.1, -0.05) is 12.1 Å². The van der Waals surface area contributed by atoms with Gasteiger partial charge in [-0.2, -0.15) is 0 Å². The van der Waals surface area contributed by atoms with Crippen LogP contribution in [0.3, 0.4) is 0 Å². The highest BCUT2D eigenvalue weighted by Crippen LogP contribution is 2.31. The minimum atomic E-state index is 0.0177. The third kappa shape index (κ3) is 3.57. The standard InChI is InChI=1S/C19H23NO4/c1-13(19-12-23-16-6-4-5-7-17(16)24-19)20-11-14-8-9-15(21-2)10-18(14)22-3/h4-10,13,19-20H,11-12H2,1-3H3/p+1/t13-,19+/m0/s1. The molecule has 0 saturated heterocycles. The normalized spacial score (nSPS) is 17.2. The van der Waals surface area contributed by atoms with Crippen molar-refractivity contribution in [2.45, 2.75) is 25.6 Å². The monoisotopic (exact) mass is 330 g/mol. The molecule has 0 spiro atoms. The third-order valence-corrected chi connectivity index (χ3v) is 4.32. The van der Waals surface area contributed by atoms with Crippen LogP contribution in [0.5, 0.6) is 23.0 Å². The predicted octanol–water partition coefficient (Wildman–Crippen LogP) is 2.00. The van der Waals surface area contributed by atoms with Crippen LogP contribution in [0, 0.1) is 0 Å². The van der Waals surface area contributed by atoms with E-state index in [0.29, 0.717) is 6.61 Å². The number of para-hydroxylation sites is 2. The lowest BCUT2D eigenvalue weighted by atomic mass is 10.1. The maximum atomic E-state index is 6.07. The van der Waals surface area contributed by atoms with Gasteiger partial charge < -0.3 is 24.3 Å². The number of fused-ring (bicyclic) bond motifs is 1. The maximum Gasteiger partial charge on any atom is 0.184 e. The SMILES string of the molecule is COc1ccc(C[NH2+][C@@H](C)[C@H]2COc3ccccc3O2)c(OC)c1. The Balaban J connectivity index is 1.61. The first kappa shape index (κ1) is 16.5. The van der Waals surface area contributed by atoms with Gasteiger partial charge in [-0.3, -0.25) is 0 Å². The van der Waals surface area contributed by atoms with E-state index in [1.54, 1.807) is 14.2 Å². The molecule has 0 aromatic heterocycles. The van der Waals surface area contributed by atoms with Crippen molar-refractivity contribution in [3.05, 3.63) is 48.0 Å². The molecule has 0 unspecified atom stereocenters. The van der Waals surface area contributed by atoms with Gasteiger partial charge in [0.05, 0.1) is 14.2 Å². The Morgan fingerprint density at radius 2 is 1.92 bits per heavy atom. The fourth-order valence-electron chi connectivity index (χ4n) is 2.78. The Morgan fingerprint density at radius 3 is 2.67 bits per heavy atom. The van der Waals surface area contributed by atoms with E-state index in [-0.39, 0.29) is 12.1 Å². The molecule has 2 aromatic carbocycles. The zero-order valence-electron chi connectivity index (χ0n) is 14.3.